The van der Waals surface area contributed by atoms with Crippen LogP contribution in [0.1, 0.15) is 27.0 Å². The highest BCUT2D eigenvalue weighted by Gasteiger charge is 2.31. The van der Waals surface area contributed by atoms with Crippen molar-refractivity contribution in [2.45, 2.75) is 13.5 Å². The maximum Gasteiger partial charge on any atom is 0.343 e. The van der Waals surface area contributed by atoms with E-state index in [-0.39, 0.29) is 24.9 Å². The summed E-state index contributed by atoms with van der Waals surface area (Å²) in [6, 6.07) is 7.05. The molecule has 0 fully saturated rings. The summed E-state index contributed by atoms with van der Waals surface area (Å²) in [5.41, 5.74) is 2.76. The van der Waals surface area contributed by atoms with Crippen LogP contribution in [-0.2, 0) is 20.9 Å². The molecule has 2 aliphatic rings. The smallest absolute Gasteiger partial charge is 0.343 e. The number of fused-ring (bicyclic) bond motifs is 2. The molecule has 150 valence electrons. The normalized spacial score (nSPS) is 16.0. The third-order valence-corrected chi connectivity index (χ3v) is 4.98. The van der Waals surface area contributed by atoms with Gasteiger partial charge in [0.1, 0.15) is 17.2 Å². The molecule has 0 aromatic heterocycles. The number of carbonyl (C=O) groups excluding carboxylic acids is 2. The lowest BCUT2D eigenvalue weighted by Gasteiger charge is -2.20. The molecule has 2 aromatic carbocycles. The largest absolute Gasteiger partial charge is 0.482 e. The van der Waals surface area contributed by atoms with Gasteiger partial charge in [-0.15, -0.1) is 0 Å². The summed E-state index contributed by atoms with van der Waals surface area (Å²) in [5, 5.41) is 0. The number of Topliss-reactive ketones (excluding diaryl/α,β-unsaturated/α-hetero) is 1. The van der Waals surface area contributed by atoms with E-state index in [9.17, 15) is 9.59 Å². The maximum atomic E-state index is 12.9. The Morgan fingerprint density at radius 3 is 2.90 bits per heavy atom. The highest BCUT2D eigenvalue weighted by molar-refractivity contribution is 9.10. The number of carbonyl (C=O) groups is 2. The number of hydrogen-bond acceptors (Lipinski definition) is 7. The molecule has 0 amide bonds. The highest BCUT2D eigenvalue weighted by atomic mass is 79.9. The number of ether oxygens (including phenoxy) is 5. The summed E-state index contributed by atoms with van der Waals surface area (Å²) in [6.45, 7) is 2.14. The second-order valence-corrected chi connectivity index (χ2v) is 7.43. The van der Waals surface area contributed by atoms with E-state index in [1.54, 1.807) is 25.1 Å². The molecule has 2 aromatic rings. The molecule has 0 bridgehead atoms. The first-order valence-corrected chi connectivity index (χ1v) is 9.57. The molecule has 29 heavy (non-hydrogen) atoms. The Morgan fingerprint density at radius 2 is 2.10 bits per heavy atom. The Hall–Kier alpha value is -2.84. The van der Waals surface area contributed by atoms with Crippen molar-refractivity contribution in [3.8, 4) is 17.2 Å². The van der Waals surface area contributed by atoms with Crippen molar-refractivity contribution in [2.24, 2.45) is 0 Å². The number of benzene rings is 2. The van der Waals surface area contributed by atoms with Crippen LogP contribution in [0.25, 0.3) is 6.08 Å². The number of aryl methyl sites for hydroxylation is 1. The van der Waals surface area contributed by atoms with Gasteiger partial charge in [-0.2, -0.15) is 0 Å². The van der Waals surface area contributed by atoms with Crippen molar-refractivity contribution in [2.75, 3.05) is 20.5 Å². The molecule has 0 spiro atoms. The van der Waals surface area contributed by atoms with Gasteiger partial charge in [0.2, 0.25) is 5.78 Å². The fourth-order valence-corrected chi connectivity index (χ4v) is 3.74. The second-order valence-electron chi connectivity index (χ2n) is 6.51. The fourth-order valence-electron chi connectivity index (χ4n) is 3.22. The van der Waals surface area contributed by atoms with Gasteiger partial charge in [0.15, 0.2) is 19.2 Å². The van der Waals surface area contributed by atoms with Crippen LogP contribution in [0, 0.1) is 6.92 Å². The van der Waals surface area contributed by atoms with Gasteiger partial charge in [-0.1, -0.05) is 15.9 Å². The van der Waals surface area contributed by atoms with Gasteiger partial charge in [-0.05, 0) is 36.8 Å². The molecule has 4 rings (SSSR count). The zero-order chi connectivity index (χ0) is 20.5. The number of esters is 1. The van der Waals surface area contributed by atoms with Gasteiger partial charge in [-0.25, -0.2) is 4.79 Å². The van der Waals surface area contributed by atoms with E-state index < -0.39 is 5.97 Å². The van der Waals surface area contributed by atoms with Crippen LogP contribution < -0.4 is 14.2 Å². The Balaban J connectivity index is 1.66. The molecule has 0 aliphatic carbocycles. The molecular formula is C21H17BrO7. The van der Waals surface area contributed by atoms with Crippen molar-refractivity contribution < 1.29 is 33.3 Å². The monoisotopic (exact) mass is 460 g/mol. The molecule has 2 heterocycles. The highest BCUT2D eigenvalue weighted by Crippen LogP contribution is 2.39. The van der Waals surface area contributed by atoms with Gasteiger partial charge in [-0.3, -0.25) is 4.79 Å². The van der Waals surface area contributed by atoms with Crippen LogP contribution in [0.3, 0.4) is 0 Å². The van der Waals surface area contributed by atoms with Gasteiger partial charge in [0.25, 0.3) is 0 Å². The lowest BCUT2D eigenvalue weighted by molar-refractivity contribution is -0.142. The Kier molecular flexibility index (Phi) is 5.29. The number of ketones is 1. The zero-order valence-corrected chi connectivity index (χ0v) is 17.3. The SMILES string of the molecule is COC(=O)COc1cc(C)c2c(c1)O/C(=C\c1cc(Br)cc3c1OCOC3)C2=O. The van der Waals surface area contributed by atoms with Crippen LogP contribution in [0.5, 0.6) is 17.2 Å². The van der Waals surface area contributed by atoms with E-state index in [0.29, 0.717) is 40.5 Å². The summed E-state index contributed by atoms with van der Waals surface area (Å²) < 4.78 is 27.6. The van der Waals surface area contributed by atoms with E-state index in [2.05, 4.69) is 20.7 Å². The minimum absolute atomic E-state index is 0.153. The fraction of sp³-hybridized carbons (Fsp3) is 0.238. The Bertz CT molecular complexity index is 1040. The first-order valence-electron chi connectivity index (χ1n) is 8.77. The average Bonchev–Trinajstić information content (AvgIpc) is 3.01. The van der Waals surface area contributed by atoms with Crippen LogP contribution >= 0.6 is 15.9 Å². The molecule has 0 atom stereocenters. The lowest BCUT2D eigenvalue weighted by atomic mass is 10.0. The zero-order valence-electron chi connectivity index (χ0n) is 15.7. The predicted octanol–water partition coefficient (Wildman–Crippen LogP) is 3.79. The predicted molar refractivity (Wildman–Crippen MR) is 106 cm³/mol. The quantitative estimate of drug-likeness (QED) is 0.506. The number of halogens is 1. The van der Waals surface area contributed by atoms with E-state index in [1.165, 1.54) is 7.11 Å². The van der Waals surface area contributed by atoms with Gasteiger partial charge in [0, 0.05) is 21.7 Å². The molecule has 0 saturated carbocycles. The van der Waals surface area contributed by atoms with E-state index in [1.807, 2.05) is 12.1 Å². The molecule has 8 heteroatoms. The number of methoxy groups -OCH3 is 1. The van der Waals surface area contributed by atoms with Crippen LogP contribution in [-0.4, -0.2) is 32.3 Å². The molecule has 7 nitrogen and oxygen atoms in total. The summed E-state index contributed by atoms with van der Waals surface area (Å²) in [7, 11) is 1.29. The molecule has 0 radical (unpaired) electrons. The van der Waals surface area contributed by atoms with E-state index in [4.69, 9.17) is 18.9 Å². The summed E-state index contributed by atoms with van der Waals surface area (Å²) >= 11 is 3.47. The Labute approximate surface area is 175 Å². The van der Waals surface area contributed by atoms with Crippen molar-refractivity contribution in [1.29, 1.82) is 0 Å². The molecule has 0 unspecified atom stereocenters. The third kappa shape index (κ3) is 3.86. The van der Waals surface area contributed by atoms with Crippen LogP contribution in [0.4, 0.5) is 0 Å². The second kappa shape index (κ2) is 7.88. The summed E-state index contributed by atoms with van der Waals surface area (Å²) in [5.74, 6) is 0.930. The van der Waals surface area contributed by atoms with Crippen LogP contribution in [0.15, 0.2) is 34.5 Å². The molecule has 2 aliphatic heterocycles. The molecule has 0 N–H and O–H groups in total. The first-order chi connectivity index (χ1) is 14.0. The molecule has 0 saturated heterocycles. The minimum Gasteiger partial charge on any atom is -0.482 e. The van der Waals surface area contributed by atoms with Crippen molar-refractivity contribution in [3.63, 3.8) is 0 Å². The van der Waals surface area contributed by atoms with E-state index >= 15 is 0 Å². The third-order valence-electron chi connectivity index (χ3n) is 4.52. The van der Waals surface area contributed by atoms with Crippen molar-refractivity contribution in [3.05, 3.63) is 56.8 Å². The van der Waals surface area contributed by atoms with Gasteiger partial charge in [0.05, 0.1) is 19.3 Å². The van der Waals surface area contributed by atoms with Gasteiger partial charge >= 0.3 is 5.97 Å². The van der Waals surface area contributed by atoms with E-state index in [0.717, 1.165) is 10.0 Å². The standard InChI is InChI=1S/C21H17BrO7/c1-11-3-15(27-9-18(23)25-2)7-16-19(11)20(24)17(29-16)6-12-4-14(22)5-13-8-26-10-28-21(12)13/h3-7H,8-10H2,1-2H3/b17-6-. The minimum atomic E-state index is -0.496. The summed E-state index contributed by atoms with van der Waals surface area (Å²) in [6.07, 6.45) is 1.66. The topological polar surface area (TPSA) is 80.3 Å². The maximum absolute atomic E-state index is 12.9. The average molecular weight is 461 g/mol. The van der Waals surface area contributed by atoms with Gasteiger partial charge < -0.3 is 23.7 Å². The number of allylic oxidation sites excluding steroid dienone is 1. The van der Waals surface area contributed by atoms with Crippen molar-refractivity contribution >= 4 is 33.8 Å². The first kappa shape index (κ1) is 19.5. The molecular weight excluding hydrogens is 444 g/mol. The Morgan fingerprint density at radius 1 is 1.28 bits per heavy atom. The van der Waals surface area contributed by atoms with Crippen LogP contribution in [0.2, 0.25) is 0 Å². The summed E-state index contributed by atoms with van der Waals surface area (Å²) in [4.78, 5) is 24.2. The number of hydrogen-bond donors (Lipinski definition) is 0. The van der Waals surface area contributed by atoms with Crippen molar-refractivity contribution in [1.82, 2.24) is 0 Å². The number of rotatable bonds is 4. The lowest BCUT2D eigenvalue weighted by Crippen LogP contribution is -2.12.